The number of aromatic nitrogens is 2. The minimum Gasteiger partial charge on any atom is -0.378 e. The molecule has 1 saturated heterocycles. The van der Waals surface area contributed by atoms with Crippen molar-refractivity contribution in [2.75, 3.05) is 20.2 Å². The van der Waals surface area contributed by atoms with Gasteiger partial charge in [-0.1, -0.05) is 5.16 Å². The number of nitrogens with zero attached hydrogens (tertiary/aromatic N) is 2. The van der Waals surface area contributed by atoms with Gasteiger partial charge in [0.15, 0.2) is 5.82 Å². The van der Waals surface area contributed by atoms with E-state index in [-0.39, 0.29) is 0 Å². The number of aryl methyl sites for hydroxylation is 1. The fraction of sp³-hybridized carbons (Fsp3) is 0.833. The summed E-state index contributed by atoms with van der Waals surface area (Å²) in [5.41, 5.74) is 0. The first-order chi connectivity index (χ1) is 8.38. The van der Waals surface area contributed by atoms with Crippen LogP contribution in [0.3, 0.4) is 0 Å². The Morgan fingerprint density at radius 3 is 3.06 bits per heavy atom. The summed E-state index contributed by atoms with van der Waals surface area (Å²) >= 11 is 0. The van der Waals surface area contributed by atoms with Crippen molar-refractivity contribution in [1.29, 1.82) is 0 Å². The Balaban J connectivity index is 1.72. The molecule has 1 unspecified atom stereocenters. The number of rotatable bonds is 6. The molecule has 1 aromatic rings. The SMILES string of the molecule is CNCCc1noc(CCC2CCCCO2)n1. The molecule has 1 aliphatic heterocycles. The minimum absolute atomic E-state index is 0.386. The van der Waals surface area contributed by atoms with E-state index in [9.17, 15) is 0 Å². The molecule has 1 aliphatic rings. The standard InChI is InChI=1S/C12H21N3O2/c1-13-8-7-11-14-12(17-15-11)6-5-10-4-2-3-9-16-10/h10,13H,2-9H2,1H3. The molecule has 2 heterocycles. The van der Waals surface area contributed by atoms with Gasteiger partial charge in [0.05, 0.1) is 6.10 Å². The van der Waals surface area contributed by atoms with E-state index >= 15 is 0 Å². The van der Waals surface area contributed by atoms with Crippen LogP contribution in [0.25, 0.3) is 0 Å². The van der Waals surface area contributed by atoms with Gasteiger partial charge in [-0.15, -0.1) is 0 Å². The highest BCUT2D eigenvalue weighted by Crippen LogP contribution is 2.17. The Kier molecular flexibility index (Phi) is 4.94. The summed E-state index contributed by atoms with van der Waals surface area (Å²) in [7, 11) is 1.92. The van der Waals surface area contributed by atoms with Gasteiger partial charge in [0.25, 0.3) is 0 Å². The van der Waals surface area contributed by atoms with Crippen molar-refractivity contribution < 1.29 is 9.26 Å². The molecule has 1 N–H and O–H groups in total. The van der Waals surface area contributed by atoms with E-state index in [0.29, 0.717) is 6.10 Å². The Morgan fingerprint density at radius 2 is 2.29 bits per heavy atom. The van der Waals surface area contributed by atoms with Crippen LogP contribution in [0.15, 0.2) is 4.52 Å². The fourth-order valence-electron chi connectivity index (χ4n) is 2.05. The van der Waals surface area contributed by atoms with Crippen LogP contribution in [-0.4, -0.2) is 36.4 Å². The largest absolute Gasteiger partial charge is 0.378 e. The quantitative estimate of drug-likeness (QED) is 0.811. The van der Waals surface area contributed by atoms with Crippen molar-refractivity contribution in [3.8, 4) is 0 Å². The first-order valence-corrected chi connectivity index (χ1v) is 6.46. The van der Waals surface area contributed by atoms with Gasteiger partial charge in [-0.2, -0.15) is 4.98 Å². The highest BCUT2D eigenvalue weighted by molar-refractivity contribution is 4.87. The maximum Gasteiger partial charge on any atom is 0.226 e. The molecule has 0 saturated carbocycles. The van der Waals surface area contributed by atoms with Crippen molar-refractivity contribution in [2.45, 2.75) is 44.6 Å². The van der Waals surface area contributed by atoms with Crippen molar-refractivity contribution >= 4 is 0 Å². The summed E-state index contributed by atoms with van der Waals surface area (Å²) < 4.78 is 10.9. The molecule has 96 valence electrons. The molecule has 1 aromatic heterocycles. The van der Waals surface area contributed by atoms with Crippen LogP contribution < -0.4 is 5.32 Å². The van der Waals surface area contributed by atoms with Crippen molar-refractivity contribution in [2.24, 2.45) is 0 Å². The molecule has 0 aliphatic carbocycles. The van der Waals surface area contributed by atoms with Crippen molar-refractivity contribution in [1.82, 2.24) is 15.5 Å². The van der Waals surface area contributed by atoms with Gasteiger partial charge < -0.3 is 14.6 Å². The lowest BCUT2D eigenvalue weighted by Crippen LogP contribution is -2.19. The Bertz CT molecular complexity index is 321. The lowest BCUT2D eigenvalue weighted by molar-refractivity contribution is 0.0104. The highest BCUT2D eigenvalue weighted by Gasteiger charge is 2.15. The monoisotopic (exact) mass is 239 g/mol. The van der Waals surface area contributed by atoms with Crippen molar-refractivity contribution in [3.05, 3.63) is 11.7 Å². The topological polar surface area (TPSA) is 60.2 Å². The van der Waals surface area contributed by atoms with E-state index < -0.39 is 0 Å². The summed E-state index contributed by atoms with van der Waals surface area (Å²) in [6.45, 7) is 1.78. The van der Waals surface area contributed by atoms with E-state index in [1.54, 1.807) is 0 Å². The summed E-state index contributed by atoms with van der Waals surface area (Å²) in [5, 5.41) is 7.02. The molecule has 0 radical (unpaired) electrons. The summed E-state index contributed by atoms with van der Waals surface area (Å²) in [5.74, 6) is 1.53. The predicted molar refractivity (Wildman–Crippen MR) is 63.8 cm³/mol. The Hall–Kier alpha value is -0.940. The molecule has 0 aromatic carbocycles. The van der Waals surface area contributed by atoms with E-state index in [0.717, 1.165) is 44.1 Å². The number of hydrogen-bond acceptors (Lipinski definition) is 5. The zero-order chi connectivity index (χ0) is 11.9. The number of nitrogens with one attached hydrogen (secondary N) is 1. The van der Waals surface area contributed by atoms with E-state index in [2.05, 4.69) is 15.5 Å². The molecule has 5 heteroatoms. The van der Waals surface area contributed by atoms with Crippen LogP contribution in [0, 0.1) is 0 Å². The van der Waals surface area contributed by atoms with Gasteiger partial charge in [0.1, 0.15) is 0 Å². The average Bonchev–Trinajstić information content (AvgIpc) is 2.83. The molecule has 0 bridgehead atoms. The van der Waals surface area contributed by atoms with Gasteiger partial charge in [0, 0.05) is 26.0 Å². The lowest BCUT2D eigenvalue weighted by Gasteiger charge is -2.21. The smallest absolute Gasteiger partial charge is 0.226 e. The molecule has 2 rings (SSSR count). The Morgan fingerprint density at radius 1 is 1.35 bits per heavy atom. The molecular weight excluding hydrogens is 218 g/mol. The third-order valence-electron chi connectivity index (χ3n) is 3.06. The van der Waals surface area contributed by atoms with Crippen LogP contribution in [0.5, 0.6) is 0 Å². The summed E-state index contributed by atoms with van der Waals surface area (Å²) in [6, 6.07) is 0. The molecule has 0 amide bonds. The first kappa shape index (κ1) is 12.5. The molecule has 1 fully saturated rings. The van der Waals surface area contributed by atoms with Crippen LogP contribution in [0.2, 0.25) is 0 Å². The van der Waals surface area contributed by atoms with Gasteiger partial charge >= 0.3 is 0 Å². The Labute approximate surface area is 102 Å². The first-order valence-electron chi connectivity index (χ1n) is 6.46. The zero-order valence-corrected chi connectivity index (χ0v) is 10.4. The van der Waals surface area contributed by atoms with E-state index in [1.807, 2.05) is 7.05 Å². The second kappa shape index (κ2) is 6.71. The molecule has 0 spiro atoms. The fourth-order valence-corrected chi connectivity index (χ4v) is 2.05. The van der Waals surface area contributed by atoms with Crippen molar-refractivity contribution in [3.63, 3.8) is 0 Å². The summed E-state index contributed by atoms with van der Waals surface area (Å²) in [4.78, 5) is 4.36. The maximum absolute atomic E-state index is 5.67. The second-order valence-corrected chi connectivity index (χ2v) is 4.49. The van der Waals surface area contributed by atoms with Crippen LogP contribution in [0.1, 0.15) is 37.4 Å². The normalized spacial score (nSPS) is 20.6. The lowest BCUT2D eigenvalue weighted by atomic mass is 10.0. The van der Waals surface area contributed by atoms with Crippen LogP contribution in [0.4, 0.5) is 0 Å². The van der Waals surface area contributed by atoms with Gasteiger partial charge in [0.2, 0.25) is 5.89 Å². The number of hydrogen-bond donors (Lipinski definition) is 1. The molecule has 17 heavy (non-hydrogen) atoms. The van der Waals surface area contributed by atoms with E-state index in [4.69, 9.17) is 9.26 Å². The van der Waals surface area contributed by atoms with Gasteiger partial charge in [-0.05, 0) is 32.7 Å². The highest BCUT2D eigenvalue weighted by atomic mass is 16.5. The zero-order valence-electron chi connectivity index (χ0n) is 10.4. The second-order valence-electron chi connectivity index (χ2n) is 4.49. The predicted octanol–water partition coefficient (Wildman–Crippen LogP) is 1.33. The number of likely N-dealkylation sites (N-methyl/N-ethyl adjacent to an activating group) is 1. The molecular formula is C12H21N3O2. The molecule has 5 nitrogen and oxygen atoms in total. The van der Waals surface area contributed by atoms with Crippen LogP contribution in [-0.2, 0) is 17.6 Å². The van der Waals surface area contributed by atoms with Crippen LogP contribution >= 0.6 is 0 Å². The van der Waals surface area contributed by atoms with Gasteiger partial charge in [-0.3, -0.25) is 0 Å². The maximum atomic E-state index is 5.67. The van der Waals surface area contributed by atoms with E-state index in [1.165, 1.54) is 19.3 Å². The number of ether oxygens (including phenoxy) is 1. The molecule has 1 atom stereocenters. The third kappa shape index (κ3) is 4.09. The average molecular weight is 239 g/mol. The van der Waals surface area contributed by atoms with Gasteiger partial charge in [-0.25, -0.2) is 0 Å². The minimum atomic E-state index is 0.386. The third-order valence-corrected chi connectivity index (χ3v) is 3.06. The summed E-state index contributed by atoms with van der Waals surface area (Å²) in [6.07, 6.45) is 6.68.